The fourth-order valence-corrected chi connectivity index (χ4v) is 6.11. The minimum atomic E-state index is -0.133. The fourth-order valence-electron chi connectivity index (χ4n) is 5.57. The van der Waals surface area contributed by atoms with Gasteiger partial charge in [0.15, 0.2) is 0 Å². The Hall–Kier alpha value is -0.710. The quantitative estimate of drug-likeness (QED) is 0.595. The lowest BCUT2D eigenvalue weighted by Crippen LogP contribution is -2.45. The molecule has 0 amide bonds. The third kappa shape index (κ3) is 1.40. The summed E-state index contributed by atoms with van der Waals surface area (Å²) in [6.07, 6.45) is 6.24. The molecule has 4 atom stereocenters. The normalized spacial score (nSPS) is 42.8. The van der Waals surface area contributed by atoms with Gasteiger partial charge < -0.3 is 0 Å². The predicted molar refractivity (Wildman–Crippen MR) is 93.5 cm³/mol. The van der Waals surface area contributed by atoms with Crippen molar-refractivity contribution in [3.8, 4) is 0 Å². The maximum atomic E-state index is 4.96. The lowest BCUT2D eigenvalue weighted by molar-refractivity contribution is 0.164. The first-order valence-electron chi connectivity index (χ1n) is 7.88. The molecule has 21 heavy (non-hydrogen) atoms. The molecule has 0 N–H and O–H groups in total. The van der Waals surface area contributed by atoms with Crippen molar-refractivity contribution in [2.45, 2.75) is 44.2 Å². The number of rotatable bonds is 2. The fraction of sp³-hybridized carbons (Fsp3) is 0.556. The van der Waals surface area contributed by atoms with Gasteiger partial charge in [-0.05, 0) is 40.4 Å². The van der Waals surface area contributed by atoms with Crippen molar-refractivity contribution in [3.63, 3.8) is 0 Å². The number of hydrogen-bond donors (Lipinski definition) is 0. The summed E-state index contributed by atoms with van der Waals surface area (Å²) >= 11 is 2.34. The van der Waals surface area contributed by atoms with Crippen LogP contribution in [0.2, 0.25) is 0 Å². The van der Waals surface area contributed by atoms with E-state index in [1.807, 2.05) is 0 Å². The van der Waals surface area contributed by atoms with Crippen molar-refractivity contribution < 1.29 is 0 Å². The van der Waals surface area contributed by atoms with Crippen LogP contribution in [0.1, 0.15) is 38.7 Å². The maximum Gasteiger partial charge on any atom is 0.117 e. The summed E-state index contributed by atoms with van der Waals surface area (Å²) < 4.78 is 2.15. The number of nitrogens with zero attached hydrogens (tertiary/aromatic N) is 2. The van der Waals surface area contributed by atoms with Crippen LogP contribution < -0.4 is 0 Å². The van der Waals surface area contributed by atoms with Crippen LogP contribution in [0.4, 0.5) is 0 Å². The van der Waals surface area contributed by atoms with Gasteiger partial charge in [0.1, 0.15) is 11.1 Å². The van der Waals surface area contributed by atoms with E-state index in [4.69, 9.17) is 10.2 Å². The Kier molecular flexibility index (Phi) is 2.92. The third-order valence-corrected chi connectivity index (χ3v) is 6.84. The average Bonchev–Trinajstić information content (AvgIpc) is 3.09. The number of halogens is 1. The molecule has 0 spiro atoms. The van der Waals surface area contributed by atoms with Crippen molar-refractivity contribution in [1.29, 1.82) is 0 Å². The molecule has 1 aromatic carbocycles. The molecule has 1 aromatic rings. The van der Waals surface area contributed by atoms with Gasteiger partial charge in [0.25, 0.3) is 0 Å². The van der Waals surface area contributed by atoms with Crippen molar-refractivity contribution in [3.05, 3.63) is 46.1 Å². The zero-order valence-electron chi connectivity index (χ0n) is 12.6. The molecule has 0 saturated heterocycles. The van der Waals surface area contributed by atoms with Gasteiger partial charge in [-0.15, -0.1) is 0 Å². The second kappa shape index (κ2) is 4.40. The van der Waals surface area contributed by atoms with Gasteiger partial charge in [-0.1, -0.05) is 73.2 Å². The minimum Gasteiger partial charge on any atom is -0.181 e. The number of fused-ring (bicyclic) bond motifs is 5. The third-order valence-electron chi connectivity index (χ3n) is 6.48. The van der Waals surface area contributed by atoms with E-state index in [0.29, 0.717) is 11.8 Å². The molecule has 0 unspecified atom stereocenters. The van der Waals surface area contributed by atoms with E-state index in [2.05, 4.69) is 76.9 Å². The summed E-state index contributed by atoms with van der Waals surface area (Å²) in [7, 11) is 0. The second-order valence-corrected chi connectivity index (χ2v) is 7.94. The van der Waals surface area contributed by atoms with Crippen LogP contribution in [0.5, 0.6) is 0 Å². The van der Waals surface area contributed by atoms with E-state index in [9.17, 15) is 0 Å². The van der Waals surface area contributed by atoms with Crippen molar-refractivity contribution in [2.24, 2.45) is 27.5 Å². The molecular formula is C18H21IN2. The SMILES string of the molecule is CC1(C)[C@@]2(/C=C\I)N=N[C@]1(c1ccccc1)[C@@H]1CCC[C@@H]12. The lowest BCUT2D eigenvalue weighted by Gasteiger charge is -2.40. The molecular weight excluding hydrogens is 371 g/mol. The second-order valence-electron chi connectivity index (χ2n) is 7.22. The van der Waals surface area contributed by atoms with Crippen LogP contribution >= 0.6 is 22.6 Å². The maximum absolute atomic E-state index is 4.96. The molecule has 2 saturated carbocycles. The molecule has 4 rings (SSSR count). The summed E-state index contributed by atoms with van der Waals surface area (Å²) in [4.78, 5) is 0. The van der Waals surface area contributed by atoms with Gasteiger partial charge in [0.05, 0.1) is 0 Å². The summed E-state index contributed by atoms with van der Waals surface area (Å²) in [6.45, 7) is 4.77. The Labute approximate surface area is 140 Å². The molecule has 1 heterocycles. The number of azo groups is 1. The lowest BCUT2D eigenvalue weighted by atomic mass is 9.63. The molecule has 2 fully saturated rings. The monoisotopic (exact) mass is 392 g/mol. The van der Waals surface area contributed by atoms with E-state index in [1.54, 1.807) is 0 Å². The van der Waals surface area contributed by atoms with Crippen molar-refractivity contribution in [2.75, 3.05) is 0 Å². The van der Waals surface area contributed by atoms with Crippen molar-refractivity contribution >= 4 is 22.6 Å². The summed E-state index contributed by atoms with van der Waals surface area (Å²) in [5.41, 5.74) is 1.16. The first kappa shape index (κ1) is 13.9. The highest BCUT2D eigenvalue weighted by Crippen LogP contribution is 2.74. The first-order chi connectivity index (χ1) is 10.1. The van der Waals surface area contributed by atoms with Crippen LogP contribution in [0.15, 0.2) is 50.7 Å². The van der Waals surface area contributed by atoms with E-state index in [1.165, 1.54) is 24.8 Å². The van der Waals surface area contributed by atoms with Crippen LogP contribution in [-0.2, 0) is 5.54 Å². The molecule has 3 heteroatoms. The highest BCUT2D eigenvalue weighted by Gasteiger charge is 2.76. The van der Waals surface area contributed by atoms with E-state index in [-0.39, 0.29) is 16.5 Å². The Balaban J connectivity index is 1.98. The van der Waals surface area contributed by atoms with Gasteiger partial charge in [-0.3, -0.25) is 0 Å². The van der Waals surface area contributed by atoms with Gasteiger partial charge in [0.2, 0.25) is 0 Å². The average molecular weight is 392 g/mol. The van der Waals surface area contributed by atoms with Gasteiger partial charge >= 0.3 is 0 Å². The highest BCUT2D eigenvalue weighted by atomic mass is 127. The number of hydrogen-bond acceptors (Lipinski definition) is 2. The highest BCUT2D eigenvalue weighted by molar-refractivity contribution is 14.1. The molecule has 3 aliphatic rings. The van der Waals surface area contributed by atoms with Gasteiger partial charge in [-0.2, -0.15) is 10.2 Å². The van der Waals surface area contributed by atoms with E-state index < -0.39 is 0 Å². The smallest absolute Gasteiger partial charge is 0.117 e. The molecule has 2 aliphatic carbocycles. The molecule has 2 bridgehead atoms. The topological polar surface area (TPSA) is 24.7 Å². The molecule has 2 nitrogen and oxygen atoms in total. The van der Waals surface area contributed by atoms with Crippen LogP contribution in [0.3, 0.4) is 0 Å². The minimum absolute atomic E-state index is 0.0405. The van der Waals surface area contributed by atoms with E-state index in [0.717, 1.165) is 0 Å². The van der Waals surface area contributed by atoms with Crippen LogP contribution in [0, 0.1) is 17.3 Å². The predicted octanol–water partition coefficient (Wildman–Crippen LogP) is 5.49. The zero-order valence-corrected chi connectivity index (χ0v) is 14.7. The first-order valence-corrected chi connectivity index (χ1v) is 9.12. The molecule has 110 valence electrons. The Morgan fingerprint density at radius 1 is 1.10 bits per heavy atom. The van der Waals surface area contributed by atoms with Crippen molar-refractivity contribution in [1.82, 2.24) is 0 Å². The zero-order chi connectivity index (χ0) is 14.7. The molecule has 1 aliphatic heterocycles. The Morgan fingerprint density at radius 2 is 1.81 bits per heavy atom. The van der Waals surface area contributed by atoms with E-state index >= 15 is 0 Å². The molecule has 0 radical (unpaired) electrons. The van der Waals surface area contributed by atoms with Gasteiger partial charge in [-0.25, -0.2) is 0 Å². The molecule has 0 aromatic heterocycles. The Bertz CT molecular complexity index is 621. The van der Waals surface area contributed by atoms with Crippen LogP contribution in [0.25, 0.3) is 0 Å². The Morgan fingerprint density at radius 3 is 2.52 bits per heavy atom. The number of benzene rings is 1. The largest absolute Gasteiger partial charge is 0.181 e. The summed E-state index contributed by atoms with van der Waals surface area (Å²) in [6, 6.07) is 10.9. The summed E-state index contributed by atoms with van der Waals surface area (Å²) in [5.74, 6) is 1.29. The summed E-state index contributed by atoms with van der Waals surface area (Å²) in [5, 5.41) is 9.86. The standard InChI is InChI=1S/C18H21IN2/c1-16(2)17(11-12-19)14-9-6-10-15(14)18(16,21-20-17)13-7-4-3-5-8-13/h3-5,7-8,11-12,14-15H,6,9-10H2,1-2H3/b12-11-/t14-,15+,17-,18+/m0/s1. The van der Waals surface area contributed by atoms with Crippen LogP contribution in [-0.4, -0.2) is 5.54 Å². The van der Waals surface area contributed by atoms with Gasteiger partial charge in [0, 0.05) is 5.41 Å².